The average Bonchev–Trinajstić information content (AvgIpc) is 3.22. The molecule has 0 radical (unpaired) electrons. The Morgan fingerprint density at radius 3 is 2.68 bits per heavy atom. The molecule has 1 saturated heterocycles. The second kappa shape index (κ2) is 15.0. The maximum Gasteiger partial charge on any atom is 0.221 e. The van der Waals surface area contributed by atoms with E-state index in [-0.39, 0.29) is 35.9 Å². The van der Waals surface area contributed by atoms with E-state index in [1.165, 1.54) is 4.88 Å². The third kappa shape index (κ3) is 9.06. The van der Waals surface area contributed by atoms with E-state index in [1.807, 2.05) is 13.8 Å². The Morgan fingerprint density at radius 2 is 2.04 bits per heavy atom. The van der Waals surface area contributed by atoms with E-state index in [0.717, 1.165) is 51.8 Å². The zero-order valence-electron chi connectivity index (χ0n) is 16.9. The van der Waals surface area contributed by atoms with Crippen LogP contribution in [0.5, 0.6) is 0 Å². The number of halogens is 1. The number of hydrogen-bond acceptors (Lipinski definition) is 5. The van der Waals surface area contributed by atoms with E-state index in [4.69, 9.17) is 9.73 Å². The van der Waals surface area contributed by atoms with E-state index >= 15 is 0 Å². The quantitative estimate of drug-likeness (QED) is 0.249. The van der Waals surface area contributed by atoms with Gasteiger partial charge in [-0.3, -0.25) is 14.7 Å². The summed E-state index contributed by atoms with van der Waals surface area (Å²) in [4.78, 5) is 20.3. The molecule has 7 nitrogen and oxygen atoms in total. The largest absolute Gasteiger partial charge is 0.379 e. The van der Waals surface area contributed by atoms with Crippen LogP contribution in [0.15, 0.2) is 22.5 Å². The highest BCUT2D eigenvalue weighted by Crippen LogP contribution is 2.26. The third-order valence-electron chi connectivity index (χ3n) is 4.34. The van der Waals surface area contributed by atoms with Gasteiger partial charge in [0, 0.05) is 44.0 Å². The zero-order chi connectivity index (χ0) is 19.3. The predicted octanol–water partition coefficient (Wildman–Crippen LogP) is 2.21. The number of carbonyl (C=O) groups is 1. The van der Waals surface area contributed by atoms with Crippen LogP contribution in [-0.2, 0) is 9.53 Å². The highest BCUT2D eigenvalue weighted by Gasteiger charge is 2.23. The summed E-state index contributed by atoms with van der Waals surface area (Å²) in [7, 11) is 0. The molecule has 1 unspecified atom stereocenters. The van der Waals surface area contributed by atoms with Gasteiger partial charge in [0.15, 0.2) is 5.96 Å². The van der Waals surface area contributed by atoms with Gasteiger partial charge in [0.05, 0.1) is 25.8 Å². The summed E-state index contributed by atoms with van der Waals surface area (Å²) < 4.78 is 5.50. The third-order valence-corrected chi connectivity index (χ3v) is 5.31. The topological polar surface area (TPSA) is 78.0 Å². The fourth-order valence-corrected chi connectivity index (χ4v) is 3.77. The number of morpholine rings is 1. The minimum absolute atomic E-state index is 0. The molecule has 1 amide bonds. The standard InChI is InChI=1S/C19H33N5O2S.HI/c1-3-8-21-18(25)7-9-22-19(20-4-2)23-15-16(17-6-5-14-27-17)24-10-12-26-13-11-24;/h5-6,14,16H,3-4,7-13,15H2,1-2H3,(H,21,25)(H2,20,22,23);1H. The van der Waals surface area contributed by atoms with Crippen LogP contribution in [0.2, 0.25) is 0 Å². The van der Waals surface area contributed by atoms with Crippen molar-refractivity contribution in [3.8, 4) is 0 Å². The molecule has 2 heterocycles. The van der Waals surface area contributed by atoms with Gasteiger partial charge in [-0.25, -0.2) is 0 Å². The van der Waals surface area contributed by atoms with Crippen molar-refractivity contribution in [3.63, 3.8) is 0 Å². The Bertz CT molecular complexity index is 565. The molecule has 28 heavy (non-hydrogen) atoms. The fourth-order valence-electron chi connectivity index (χ4n) is 2.92. The molecular formula is C19H34IN5O2S. The molecule has 0 bridgehead atoms. The van der Waals surface area contributed by atoms with Crippen LogP contribution in [-0.4, -0.2) is 69.2 Å². The van der Waals surface area contributed by atoms with Crippen LogP contribution in [0.1, 0.15) is 37.6 Å². The molecular weight excluding hydrogens is 489 g/mol. The summed E-state index contributed by atoms with van der Waals surface area (Å²) in [5.41, 5.74) is 0. The Labute approximate surface area is 189 Å². The SMILES string of the molecule is CCCNC(=O)CCNC(=NCC(c1cccs1)N1CCOCC1)NCC.I. The number of aliphatic imine (C=N–C) groups is 1. The second-order valence-electron chi connectivity index (χ2n) is 6.43. The molecule has 1 aliphatic heterocycles. The summed E-state index contributed by atoms with van der Waals surface area (Å²) in [6.45, 7) is 10.3. The van der Waals surface area contributed by atoms with E-state index in [2.05, 4.69) is 38.4 Å². The molecule has 1 aromatic rings. The summed E-state index contributed by atoms with van der Waals surface area (Å²) in [5.74, 6) is 0.834. The second-order valence-corrected chi connectivity index (χ2v) is 7.41. The Kier molecular flexibility index (Phi) is 13.5. The molecule has 3 N–H and O–H groups in total. The van der Waals surface area contributed by atoms with E-state index in [0.29, 0.717) is 19.5 Å². The van der Waals surface area contributed by atoms with Gasteiger partial charge in [-0.1, -0.05) is 13.0 Å². The lowest BCUT2D eigenvalue weighted by Crippen LogP contribution is -2.42. The van der Waals surface area contributed by atoms with Gasteiger partial charge >= 0.3 is 0 Å². The predicted molar refractivity (Wildman–Crippen MR) is 127 cm³/mol. The molecule has 1 aliphatic rings. The van der Waals surface area contributed by atoms with Crippen molar-refractivity contribution >= 4 is 47.2 Å². The first-order valence-corrected chi connectivity index (χ1v) is 10.8. The van der Waals surface area contributed by atoms with Crippen molar-refractivity contribution in [1.29, 1.82) is 0 Å². The lowest BCUT2D eigenvalue weighted by atomic mass is 10.2. The van der Waals surface area contributed by atoms with Crippen molar-refractivity contribution < 1.29 is 9.53 Å². The molecule has 1 atom stereocenters. The van der Waals surface area contributed by atoms with Gasteiger partial charge in [-0.15, -0.1) is 35.3 Å². The normalized spacial score (nSPS) is 16.1. The molecule has 0 aromatic carbocycles. The van der Waals surface area contributed by atoms with E-state index in [1.54, 1.807) is 11.3 Å². The van der Waals surface area contributed by atoms with Crippen LogP contribution in [0.4, 0.5) is 0 Å². The number of rotatable bonds is 10. The number of ether oxygens (including phenoxy) is 1. The molecule has 0 spiro atoms. The Balaban J connectivity index is 0.00000392. The number of guanidine groups is 1. The molecule has 0 aliphatic carbocycles. The highest BCUT2D eigenvalue weighted by molar-refractivity contribution is 14.0. The maximum atomic E-state index is 11.7. The van der Waals surface area contributed by atoms with Crippen molar-refractivity contribution in [2.45, 2.75) is 32.7 Å². The summed E-state index contributed by atoms with van der Waals surface area (Å²) in [5, 5.41) is 11.5. The number of carbonyl (C=O) groups excluding carboxylic acids is 1. The van der Waals surface area contributed by atoms with Crippen LogP contribution < -0.4 is 16.0 Å². The average molecular weight is 523 g/mol. The van der Waals surface area contributed by atoms with Gasteiger partial charge in [0.2, 0.25) is 5.91 Å². The van der Waals surface area contributed by atoms with Crippen LogP contribution in [0, 0.1) is 0 Å². The molecule has 1 fully saturated rings. The smallest absolute Gasteiger partial charge is 0.221 e. The monoisotopic (exact) mass is 523 g/mol. The van der Waals surface area contributed by atoms with Gasteiger partial charge < -0.3 is 20.7 Å². The molecule has 0 saturated carbocycles. The Hall–Kier alpha value is -0.910. The Morgan fingerprint density at radius 1 is 1.25 bits per heavy atom. The van der Waals surface area contributed by atoms with Crippen molar-refractivity contribution in [2.75, 3.05) is 52.5 Å². The van der Waals surface area contributed by atoms with Gasteiger partial charge in [0.25, 0.3) is 0 Å². The fraction of sp³-hybridized carbons (Fsp3) is 0.684. The van der Waals surface area contributed by atoms with Gasteiger partial charge in [-0.05, 0) is 24.8 Å². The van der Waals surface area contributed by atoms with Crippen LogP contribution in [0.3, 0.4) is 0 Å². The first kappa shape index (κ1) is 25.1. The molecule has 9 heteroatoms. The minimum Gasteiger partial charge on any atom is -0.379 e. The zero-order valence-corrected chi connectivity index (χ0v) is 20.1. The number of thiophene rings is 1. The molecule has 2 rings (SSSR count). The van der Waals surface area contributed by atoms with Crippen molar-refractivity contribution in [3.05, 3.63) is 22.4 Å². The molecule has 1 aromatic heterocycles. The van der Waals surface area contributed by atoms with Crippen molar-refractivity contribution in [1.82, 2.24) is 20.9 Å². The number of nitrogens with one attached hydrogen (secondary N) is 3. The van der Waals surface area contributed by atoms with Crippen LogP contribution >= 0.6 is 35.3 Å². The summed E-state index contributed by atoms with van der Waals surface area (Å²) in [6, 6.07) is 4.53. The highest BCUT2D eigenvalue weighted by atomic mass is 127. The van der Waals surface area contributed by atoms with E-state index < -0.39 is 0 Å². The lowest BCUT2D eigenvalue weighted by molar-refractivity contribution is -0.120. The first-order chi connectivity index (χ1) is 13.2. The maximum absolute atomic E-state index is 11.7. The van der Waals surface area contributed by atoms with E-state index in [9.17, 15) is 4.79 Å². The summed E-state index contributed by atoms with van der Waals surface area (Å²) >= 11 is 1.77. The van der Waals surface area contributed by atoms with Gasteiger partial charge in [-0.2, -0.15) is 0 Å². The molecule has 160 valence electrons. The van der Waals surface area contributed by atoms with Crippen molar-refractivity contribution in [2.24, 2.45) is 4.99 Å². The number of hydrogen-bond donors (Lipinski definition) is 3. The minimum atomic E-state index is 0. The summed E-state index contributed by atoms with van der Waals surface area (Å²) in [6.07, 6.45) is 1.40. The number of amides is 1. The lowest BCUT2D eigenvalue weighted by Gasteiger charge is -2.33. The first-order valence-electron chi connectivity index (χ1n) is 9.88. The number of nitrogens with zero attached hydrogens (tertiary/aromatic N) is 2. The van der Waals surface area contributed by atoms with Gasteiger partial charge in [0.1, 0.15) is 0 Å². The van der Waals surface area contributed by atoms with Crippen LogP contribution in [0.25, 0.3) is 0 Å².